The Labute approximate surface area is 193 Å². The van der Waals surface area contributed by atoms with Crippen LogP contribution in [-0.2, 0) is 13.0 Å². The van der Waals surface area contributed by atoms with Crippen LogP contribution in [0.1, 0.15) is 21.5 Å². The molecule has 3 aromatic rings. The standard InChI is InChI=1S/C26H27N3O4/c30-21(17-28-12-10-19-5-1-2-6-20(19)16-28)18-29-13-14-32-24-15-22(8-9-23(24)26(29)31)33-25-7-3-4-11-27-25/h1-9,11,15,21,30H,10,12-14,16-18H2/t21-/m1/s1. The van der Waals surface area contributed by atoms with Crippen LogP contribution in [0.15, 0.2) is 66.9 Å². The lowest BCUT2D eigenvalue weighted by atomic mass is 10.00. The SMILES string of the molecule is O=C1c2ccc(Oc3ccccn3)cc2OCCN1C[C@H](O)CN1CCc2ccccc2C1. The number of aliphatic hydroxyl groups is 1. The number of hydrogen-bond acceptors (Lipinski definition) is 6. The highest BCUT2D eigenvalue weighted by Crippen LogP contribution is 2.30. The zero-order valence-corrected chi connectivity index (χ0v) is 18.4. The first-order chi connectivity index (χ1) is 16.2. The first-order valence-corrected chi connectivity index (χ1v) is 11.3. The molecule has 0 bridgehead atoms. The van der Waals surface area contributed by atoms with Crippen molar-refractivity contribution in [3.8, 4) is 17.4 Å². The van der Waals surface area contributed by atoms with Crippen LogP contribution in [0, 0.1) is 0 Å². The molecule has 2 aliphatic heterocycles. The molecule has 7 nitrogen and oxygen atoms in total. The van der Waals surface area contributed by atoms with E-state index in [0.29, 0.717) is 42.6 Å². The summed E-state index contributed by atoms with van der Waals surface area (Å²) in [5, 5.41) is 10.8. The molecule has 0 radical (unpaired) electrons. The third-order valence-corrected chi connectivity index (χ3v) is 6.06. The third kappa shape index (κ3) is 4.99. The largest absolute Gasteiger partial charge is 0.491 e. The number of pyridine rings is 1. The van der Waals surface area contributed by atoms with E-state index < -0.39 is 6.10 Å². The molecule has 0 saturated carbocycles. The molecule has 1 atom stereocenters. The molecule has 7 heteroatoms. The monoisotopic (exact) mass is 445 g/mol. The van der Waals surface area contributed by atoms with E-state index in [2.05, 4.69) is 34.1 Å². The second kappa shape index (κ2) is 9.60. The fourth-order valence-corrected chi connectivity index (χ4v) is 4.42. The number of amides is 1. The summed E-state index contributed by atoms with van der Waals surface area (Å²) >= 11 is 0. The molecule has 33 heavy (non-hydrogen) atoms. The van der Waals surface area contributed by atoms with Crippen LogP contribution in [0.3, 0.4) is 0 Å². The van der Waals surface area contributed by atoms with Crippen molar-refractivity contribution < 1.29 is 19.4 Å². The lowest BCUT2D eigenvalue weighted by Crippen LogP contribution is -2.44. The molecule has 170 valence electrons. The van der Waals surface area contributed by atoms with Gasteiger partial charge in [-0.15, -0.1) is 0 Å². The van der Waals surface area contributed by atoms with Gasteiger partial charge in [-0.2, -0.15) is 0 Å². The summed E-state index contributed by atoms with van der Waals surface area (Å²) in [4.78, 5) is 21.2. The van der Waals surface area contributed by atoms with Crippen LogP contribution >= 0.6 is 0 Å². The second-order valence-corrected chi connectivity index (χ2v) is 8.44. The molecule has 1 amide bonds. The topological polar surface area (TPSA) is 75.1 Å². The zero-order valence-electron chi connectivity index (χ0n) is 18.4. The first-order valence-electron chi connectivity index (χ1n) is 11.3. The molecule has 0 spiro atoms. The average Bonchev–Trinajstić information content (AvgIpc) is 2.98. The molecule has 0 unspecified atom stereocenters. The average molecular weight is 446 g/mol. The fraction of sp³-hybridized carbons (Fsp3) is 0.308. The van der Waals surface area contributed by atoms with E-state index in [1.807, 2.05) is 12.1 Å². The second-order valence-electron chi connectivity index (χ2n) is 8.44. The van der Waals surface area contributed by atoms with E-state index in [1.165, 1.54) is 11.1 Å². The molecule has 2 aliphatic rings. The van der Waals surface area contributed by atoms with E-state index in [9.17, 15) is 9.90 Å². The lowest BCUT2D eigenvalue weighted by molar-refractivity contribution is 0.0501. The van der Waals surface area contributed by atoms with Crippen LogP contribution in [-0.4, -0.2) is 64.7 Å². The highest BCUT2D eigenvalue weighted by molar-refractivity contribution is 5.97. The molecule has 1 aromatic heterocycles. The van der Waals surface area contributed by atoms with Gasteiger partial charge in [0, 0.05) is 44.5 Å². The van der Waals surface area contributed by atoms with Crippen molar-refractivity contribution in [1.82, 2.24) is 14.8 Å². The number of aromatic nitrogens is 1. The molecule has 0 aliphatic carbocycles. The van der Waals surface area contributed by atoms with Gasteiger partial charge in [0.2, 0.25) is 5.88 Å². The van der Waals surface area contributed by atoms with Gasteiger partial charge < -0.3 is 19.5 Å². The maximum atomic E-state index is 13.2. The number of hydrogen-bond donors (Lipinski definition) is 1. The van der Waals surface area contributed by atoms with Crippen LogP contribution < -0.4 is 9.47 Å². The van der Waals surface area contributed by atoms with E-state index in [0.717, 1.165) is 19.5 Å². The van der Waals surface area contributed by atoms with Gasteiger partial charge >= 0.3 is 0 Å². The van der Waals surface area contributed by atoms with Crippen molar-refractivity contribution in [2.45, 2.75) is 19.1 Å². The van der Waals surface area contributed by atoms with Crippen molar-refractivity contribution >= 4 is 5.91 Å². The van der Waals surface area contributed by atoms with E-state index in [4.69, 9.17) is 9.47 Å². The highest BCUT2D eigenvalue weighted by atomic mass is 16.5. The Kier molecular flexibility index (Phi) is 6.24. The molecular weight excluding hydrogens is 418 g/mol. The van der Waals surface area contributed by atoms with Gasteiger partial charge in [-0.3, -0.25) is 9.69 Å². The Bertz CT molecular complexity index is 1120. The maximum Gasteiger partial charge on any atom is 0.257 e. The van der Waals surface area contributed by atoms with Crippen molar-refractivity contribution in [3.05, 3.63) is 83.6 Å². The molecule has 1 N–H and O–H groups in total. The zero-order chi connectivity index (χ0) is 22.6. The number of fused-ring (bicyclic) bond motifs is 2. The van der Waals surface area contributed by atoms with Crippen LogP contribution in [0.5, 0.6) is 17.4 Å². The molecule has 3 heterocycles. The number of carbonyl (C=O) groups is 1. The van der Waals surface area contributed by atoms with Crippen molar-refractivity contribution in [1.29, 1.82) is 0 Å². The molecule has 0 fully saturated rings. The predicted octanol–water partition coefficient (Wildman–Crippen LogP) is 3.13. The Hall–Kier alpha value is -3.42. The molecular formula is C26H27N3O4. The van der Waals surface area contributed by atoms with Crippen LogP contribution in [0.4, 0.5) is 0 Å². The maximum absolute atomic E-state index is 13.2. The fourth-order valence-electron chi connectivity index (χ4n) is 4.42. The van der Waals surface area contributed by atoms with Gasteiger partial charge in [-0.25, -0.2) is 4.98 Å². The van der Waals surface area contributed by atoms with E-state index in [-0.39, 0.29) is 12.5 Å². The summed E-state index contributed by atoms with van der Waals surface area (Å²) in [6.45, 7) is 3.31. The van der Waals surface area contributed by atoms with Gasteiger partial charge in [0.05, 0.1) is 18.2 Å². The number of carbonyl (C=O) groups excluding carboxylic acids is 1. The number of aliphatic hydroxyl groups excluding tert-OH is 1. The van der Waals surface area contributed by atoms with Crippen molar-refractivity contribution in [2.24, 2.45) is 0 Å². The van der Waals surface area contributed by atoms with Gasteiger partial charge in [0.25, 0.3) is 5.91 Å². The number of β-amino-alcohol motifs (C(OH)–C–C–N with tert-alkyl or cyclic N) is 1. The Morgan fingerprint density at radius 1 is 1.03 bits per heavy atom. The van der Waals surface area contributed by atoms with Crippen LogP contribution in [0.2, 0.25) is 0 Å². The normalized spacial score (nSPS) is 16.9. The van der Waals surface area contributed by atoms with Gasteiger partial charge in [-0.05, 0) is 35.7 Å². The minimum Gasteiger partial charge on any atom is -0.491 e. The minimum absolute atomic E-state index is 0.144. The number of rotatable bonds is 6. The van der Waals surface area contributed by atoms with Gasteiger partial charge in [0.15, 0.2) is 0 Å². The van der Waals surface area contributed by atoms with E-state index in [1.54, 1.807) is 35.4 Å². The highest BCUT2D eigenvalue weighted by Gasteiger charge is 2.27. The van der Waals surface area contributed by atoms with E-state index >= 15 is 0 Å². The quantitative estimate of drug-likeness (QED) is 0.628. The number of ether oxygens (including phenoxy) is 2. The number of benzene rings is 2. The predicted molar refractivity (Wildman–Crippen MR) is 124 cm³/mol. The smallest absolute Gasteiger partial charge is 0.257 e. The lowest BCUT2D eigenvalue weighted by Gasteiger charge is -2.32. The summed E-state index contributed by atoms with van der Waals surface area (Å²) in [5.41, 5.74) is 3.17. The Morgan fingerprint density at radius 3 is 2.73 bits per heavy atom. The summed E-state index contributed by atoms with van der Waals surface area (Å²) in [6.07, 6.45) is 2.01. The molecule has 2 aromatic carbocycles. The summed E-state index contributed by atoms with van der Waals surface area (Å²) in [5.74, 6) is 1.37. The summed E-state index contributed by atoms with van der Waals surface area (Å²) in [6, 6.07) is 19.0. The van der Waals surface area contributed by atoms with Gasteiger partial charge in [0.1, 0.15) is 18.1 Å². The van der Waals surface area contributed by atoms with Gasteiger partial charge in [-0.1, -0.05) is 30.3 Å². The van der Waals surface area contributed by atoms with Crippen LogP contribution in [0.25, 0.3) is 0 Å². The molecule has 0 saturated heterocycles. The van der Waals surface area contributed by atoms with Crippen molar-refractivity contribution in [2.75, 3.05) is 32.8 Å². The Balaban J connectivity index is 1.22. The molecule has 5 rings (SSSR count). The minimum atomic E-state index is -0.632. The Morgan fingerprint density at radius 2 is 1.88 bits per heavy atom. The van der Waals surface area contributed by atoms with Crippen molar-refractivity contribution in [3.63, 3.8) is 0 Å². The summed E-state index contributed by atoms with van der Waals surface area (Å²) < 4.78 is 11.6. The first kappa shape index (κ1) is 21.4. The summed E-state index contributed by atoms with van der Waals surface area (Å²) in [7, 11) is 0. The third-order valence-electron chi connectivity index (χ3n) is 6.06. The number of nitrogens with zero attached hydrogens (tertiary/aromatic N) is 3.